The summed E-state index contributed by atoms with van der Waals surface area (Å²) < 4.78 is 30.6. The number of rotatable bonds is 3. The molecular weight excluding hydrogens is 218 g/mol. The summed E-state index contributed by atoms with van der Waals surface area (Å²) in [6, 6.07) is 0. The molecule has 0 amide bonds. The predicted octanol–water partition coefficient (Wildman–Crippen LogP) is -0.194. The highest BCUT2D eigenvalue weighted by atomic mass is 32.2. The Morgan fingerprint density at radius 3 is 2.53 bits per heavy atom. The standard InChI is InChI=1S/C9H19NO4S/c1-7(2)15(12,13)10-4-8(3)14-9(5-10)6-11/h7-9,11H,4-6H2,1-3H3. The van der Waals surface area contributed by atoms with Gasteiger partial charge in [0.05, 0.1) is 24.1 Å². The average molecular weight is 237 g/mol. The second-order valence-electron chi connectivity index (χ2n) is 4.16. The van der Waals surface area contributed by atoms with Crippen molar-refractivity contribution in [3.05, 3.63) is 0 Å². The van der Waals surface area contributed by atoms with Gasteiger partial charge in [0.2, 0.25) is 10.0 Å². The summed E-state index contributed by atoms with van der Waals surface area (Å²) in [6.07, 6.45) is -0.563. The zero-order chi connectivity index (χ0) is 11.6. The van der Waals surface area contributed by atoms with E-state index in [1.165, 1.54) is 4.31 Å². The minimum absolute atomic E-state index is 0.144. The van der Waals surface area contributed by atoms with Crippen LogP contribution in [-0.4, -0.2) is 55.0 Å². The molecule has 1 saturated heterocycles. The van der Waals surface area contributed by atoms with Crippen LogP contribution in [0.1, 0.15) is 20.8 Å². The molecule has 0 aromatic carbocycles. The summed E-state index contributed by atoms with van der Waals surface area (Å²) in [5, 5.41) is 8.56. The Hall–Kier alpha value is -0.170. The maximum atomic E-state index is 11.9. The van der Waals surface area contributed by atoms with Crippen molar-refractivity contribution in [1.29, 1.82) is 0 Å². The molecule has 5 nitrogen and oxygen atoms in total. The number of sulfonamides is 1. The van der Waals surface area contributed by atoms with Crippen LogP contribution in [0.2, 0.25) is 0 Å². The van der Waals surface area contributed by atoms with Crippen LogP contribution in [-0.2, 0) is 14.8 Å². The average Bonchev–Trinajstić information content (AvgIpc) is 2.16. The van der Waals surface area contributed by atoms with Crippen LogP contribution in [0.5, 0.6) is 0 Å². The Labute approximate surface area is 91.1 Å². The zero-order valence-corrected chi connectivity index (χ0v) is 10.2. The second kappa shape index (κ2) is 4.78. The fraction of sp³-hybridized carbons (Fsp3) is 1.00. The summed E-state index contributed by atoms with van der Waals surface area (Å²) >= 11 is 0. The lowest BCUT2D eigenvalue weighted by Crippen LogP contribution is -2.51. The van der Waals surface area contributed by atoms with Crippen LogP contribution < -0.4 is 0 Å². The SMILES string of the molecule is CC1CN(S(=O)(=O)C(C)C)CC(CO)O1. The third-order valence-electron chi connectivity index (χ3n) is 2.45. The molecule has 0 radical (unpaired) electrons. The van der Waals surface area contributed by atoms with Gasteiger partial charge in [0.25, 0.3) is 0 Å². The minimum Gasteiger partial charge on any atom is -0.394 e. The molecule has 90 valence electrons. The molecule has 1 aliphatic heterocycles. The van der Waals surface area contributed by atoms with Crippen molar-refractivity contribution in [3.63, 3.8) is 0 Å². The molecule has 15 heavy (non-hydrogen) atoms. The largest absolute Gasteiger partial charge is 0.394 e. The van der Waals surface area contributed by atoms with Crippen molar-refractivity contribution in [1.82, 2.24) is 4.31 Å². The fourth-order valence-corrected chi connectivity index (χ4v) is 3.00. The Morgan fingerprint density at radius 1 is 1.47 bits per heavy atom. The van der Waals surface area contributed by atoms with E-state index in [0.717, 1.165) is 0 Å². The summed E-state index contributed by atoms with van der Waals surface area (Å²) in [5.74, 6) is 0. The fourth-order valence-electron chi connectivity index (χ4n) is 1.61. The van der Waals surface area contributed by atoms with Crippen LogP contribution >= 0.6 is 0 Å². The van der Waals surface area contributed by atoms with Crippen molar-refractivity contribution >= 4 is 10.0 Å². The van der Waals surface area contributed by atoms with E-state index in [4.69, 9.17) is 9.84 Å². The van der Waals surface area contributed by atoms with E-state index in [1.54, 1.807) is 13.8 Å². The summed E-state index contributed by atoms with van der Waals surface area (Å²) in [5.41, 5.74) is 0. The maximum Gasteiger partial charge on any atom is 0.216 e. The molecule has 0 saturated carbocycles. The van der Waals surface area contributed by atoms with Gasteiger partial charge >= 0.3 is 0 Å². The van der Waals surface area contributed by atoms with Gasteiger partial charge in [-0.2, -0.15) is 4.31 Å². The Balaban J connectivity index is 2.78. The normalized spacial score (nSPS) is 29.7. The molecular formula is C9H19NO4S. The molecule has 1 N–H and O–H groups in total. The first-order valence-electron chi connectivity index (χ1n) is 5.13. The topological polar surface area (TPSA) is 66.8 Å². The van der Waals surface area contributed by atoms with E-state index in [9.17, 15) is 8.42 Å². The summed E-state index contributed by atoms with van der Waals surface area (Å²) in [4.78, 5) is 0. The minimum atomic E-state index is -3.23. The lowest BCUT2D eigenvalue weighted by molar-refractivity contribution is -0.0751. The van der Waals surface area contributed by atoms with E-state index in [1.807, 2.05) is 6.92 Å². The van der Waals surface area contributed by atoms with Crippen molar-refractivity contribution in [2.45, 2.75) is 38.2 Å². The molecule has 6 heteroatoms. The molecule has 0 spiro atoms. The Morgan fingerprint density at radius 2 is 2.07 bits per heavy atom. The molecule has 2 atom stereocenters. The van der Waals surface area contributed by atoms with Gasteiger partial charge in [-0.05, 0) is 20.8 Å². The number of nitrogens with zero attached hydrogens (tertiary/aromatic N) is 1. The molecule has 0 aromatic heterocycles. The lowest BCUT2D eigenvalue weighted by atomic mass is 10.2. The molecule has 1 fully saturated rings. The predicted molar refractivity (Wildman–Crippen MR) is 57.0 cm³/mol. The smallest absolute Gasteiger partial charge is 0.216 e. The van der Waals surface area contributed by atoms with Gasteiger partial charge in [0.1, 0.15) is 0 Å². The van der Waals surface area contributed by atoms with Gasteiger partial charge in [0.15, 0.2) is 0 Å². The highest BCUT2D eigenvalue weighted by Crippen LogP contribution is 2.17. The molecule has 2 unspecified atom stereocenters. The van der Waals surface area contributed by atoms with Gasteiger partial charge < -0.3 is 9.84 Å². The molecule has 0 aliphatic carbocycles. The monoisotopic (exact) mass is 237 g/mol. The maximum absolute atomic E-state index is 11.9. The number of hydrogen-bond acceptors (Lipinski definition) is 4. The number of hydrogen-bond donors (Lipinski definition) is 1. The van der Waals surface area contributed by atoms with E-state index in [0.29, 0.717) is 6.54 Å². The van der Waals surface area contributed by atoms with Crippen molar-refractivity contribution in [3.8, 4) is 0 Å². The van der Waals surface area contributed by atoms with E-state index < -0.39 is 21.4 Å². The second-order valence-corrected chi connectivity index (χ2v) is 6.65. The molecule has 1 aliphatic rings. The number of aliphatic hydroxyl groups is 1. The lowest BCUT2D eigenvalue weighted by Gasteiger charge is -2.36. The van der Waals surface area contributed by atoms with Crippen molar-refractivity contribution in [2.75, 3.05) is 19.7 Å². The summed E-state index contributed by atoms with van der Waals surface area (Å²) in [6.45, 7) is 5.60. The van der Waals surface area contributed by atoms with Gasteiger partial charge in [-0.15, -0.1) is 0 Å². The van der Waals surface area contributed by atoms with Crippen molar-refractivity contribution in [2.24, 2.45) is 0 Å². The number of aliphatic hydroxyl groups excluding tert-OH is 1. The highest BCUT2D eigenvalue weighted by molar-refractivity contribution is 7.89. The Bertz CT molecular complexity index is 301. The van der Waals surface area contributed by atoms with Gasteiger partial charge in [0, 0.05) is 13.1 Å². The van der Waals surface area contributed by atoms with Crippen LogP contribution in [0.25, 0.3) is 0 Å². The van der Waals surface area contributed by atoms with Gasteiger partial charge in [-0.1, -0.05) is 0 Å². The molecule has 0 bridgehead atoms. The first-order chi connectivity index (χ1) is 6.87. The summed E-state index contributed by atoms with van der Waals surface area (Å²) in [7, 11) is -3.23. The van der Waals surface area contributed by atoms with Gasteiger partial charge in [-0.25, -0.2) is 8.42 Å². The first-order valence-corrected chi connectivity index (χ1v) is 6.63. The van der Waals surface area contributed by atoms with Crippen molar-refractivity contribution < 1.29 is 18.3 Å². The van der Waals surface area contributed by atoms with E-state index in [-0.39, 0.29) is 19.3 Å². The van der Waals surface area contributed by atoms with Crippen LogP contribution in [0.3, 0.4) is 0 Å². The van der Waals surface area contributed by atoms with Gasteiger partial charge in [-0.3, -0.25) is 0 Å². The number of ether oxygens (including phenoxy) is 1. The van der Waals surface area contributed by atoms with Crippen LogP contribution in [0, 0.1) is 0 Å². The van der Waals surface area contributed by atoms with E-state index >= 15 is 0 Å². The Kier molecular flexibility index (Phi) is 4.11. The van der Waals surface area contributed by atoms with Crippen LogP contribution in [0.15, 0.2) is 0 Å². The quantitative estimate of drug-likeness (QED) is 0.738. The third-order valence-corrected chi connectivity index (χ3v) is 4.66. The number of morpholine rings is 1. The van der Waals surface area contributed by atoms with Crippen LogP contribution in [0.4, 0.5) is 0 Å². The first kappa shape index (κ1) is 12.9. The molecule has 1 rings (SSSR count). The third kappa shape index (κ3) is 2.90. The molecule has 1 heterocycles. The molecule has 0 aromatic rings. The van der Waals surface area contributed by atoms with E-state index in [2.05, 4.69) is 0 Å². The highest BCUT2D eigenvalue weighted by Gasteiger charge is 2.33. The zero-order valence-electron chi connectivity index (χ0n) is 9.38.